The third-order valence-corrected chi connectivity index (χ3v) is 1.97. The molecule has 0 amide bonds. The second-order valence-electron chi connectivity index (χ2n) is 4.85. The SMILES string of the molecule is [C-]#[N+]c1cc(C#N)cc(CC(C)(C)C)c1. The average molecular weight is 198 g/mol. The molecule has 0 bridgehead atoms. The van der Waals surface area contributed by atoms with Crippen LogP contribution < -0.4 is 0 Å². The Balaban J connectivity index is 3.10. The maximum absolute atomic E-state index is 8.83. The molecule has 0 N–H and O–H groups in total. The quantitative estimate of drug-likeness (QED) is 0.632. The Hall–Kier alpha value is -1.80. The van der Waals surface area contributed by atoms with E-state index in [0.717, 1.165) is 12.0 Å². The highest BCUT2D eigenvalue weighted by atomic mass is 14.6. The summed E-state index contributed by atoms with van der Waals surface area (Å²) in [7, 11) is 0. The lowest BCUT2D eigenvalue weighted by Crippen LogP contribution is -2.09. The summed E-state index contributed by atoms with van der Waals surface area (Å²) in [6, 6.07) is 7.43. The highest BCUT2D eigenvalue weighted by Gasteiger charge is 2.12. The molecule has 2 heteroatoms. The molecule has 2 nitrogen and oxygen atoms in total. The van der Waals surface area contributed by atoms with Crippen molar-refractivity contribution in [2.24, 2.45) is 5.41 Å². The van der Waals surface area contributed by atoms with Gasteiger partial charge in [0.2, 0.25) is 0 Å². The van der Waals surface area contributed by atoms with Gasteiger partial charge in [0.15, 0.2) is 5.69 Å². The lowest BCUT2D eigenvalue weighted by Gasteiger charge is -2.18. The number of nitriles is 1. The van der Waals surface area contributed by atoms with Crippen molar-refractivity contribution in [3.63, 3.8) is 0 Å². The molecule has 1 rings (SSSR count). The summed E-state index contributed by atoms with van der Waals surface area (Å²) in [5.41, 5.74) is 2.36. The van der Waals surface area contributed by atoms with Gasteiger partial charge in [-0.15, -0.1) is 0 Å². The van der Waals surface area contributed by atoms with Crippen LogP contribution in [-0.4, -0.2) is 0 Å². The number of nitrogens with zero attached hydrogens (tertiary/aromatic N) is 2. The third-order valence-electron chi connectivity index (χ3n) is 1.97. The topological polar surface area (TPSA) is 28.1 Å². The summed E-state index contributed by atoms with van der Waals surface area (Å²) in [5, 5.41) is 8.83. The number of hydrogen-bond acceptors (Lipinski definition) is 1. The molecule has 0 heterocycles. The van der Waals surface area contributed by atoms with Crippen molar-refractivity contribution < 1.29 is 0 Å². The van der Waals surface area contributed by atoms with Gasteiger partial charge in [0.1, 0.15) is 0 Å². The van der Waals surface area contributed by atoms with Crippen LogP contribution in [0.3, 0.4) is 0 Å². The molecule has 0 fully saturated rings. The van der Waals surface area contributed by atoms with E-state index in [2.05, 4.69) is 31.7 Å². The first-order valence-electron chi connectivity index (χ1n) is 4.86. The van der Waals surface area contributed by atoms with Gasteiger partial charge in [-0.2, -0.15) is 5.26 Å². The summed E-state index contributed by atoms with van der Waals surface area (Å²) in [6.45, 7) is 13.4. The van der Waals surface area contributed by atoms with Crippen LogP contribution in [0.25, 0.3) is 4.85 Å². The smallest absolute Gasteiger partial charge is 0.188 e. The molecule has 0 atom stereocenters. The molecule has 0 aliphatic carbocycles. The van der Waals surface area contributed by atoms with Crippen molar-refractivity contribution in [1.82, 2.24) is 0 Å². The Morgan fingerprint density at radius 3 is 2.47 bits per heavy atom. The summed E-state index contributed by atoms with van der Waals surface area (Å²) in [4.78, 5) is 3.37. The second-order valence-corrected chi connectivity index (χ2v) is 4.85. The van der Waals surface area contributed by atoms with E-state index in [9.17, 15) is 0 Å². The fourth-order valence-corrected chi connectivity index (χ4v) is 1.52. The molecule has 0 saturated carbocycles. The van der Waals surface area contributed by atoms with Crippen molar-refractivity contribution >= 4 is 5.69 Å². The van der Waals surface area contributed by atoms with Gasteiger partial charge in [0, 0.05) is 5.56 Å². The van der Waals surface area contributed by atoms with E-state index in [-0.39, 0.29) is 5.41 Å². The standard InChI is InChI=1S/C13H14N2/c1-13(2,3)8-10-5-11(9-14)7-12(6-10)15-4/h5-7H,8H2,1-3H3. The minimum absolute atomic E-state index is 0.174. The lowest BCUT2D eigenvalue weighted by molar-refractivity contribution is 0.411. The molecule has 0 radical (unpaired) electrons. The largest absolute Gasteiger partial charge is 0.238 e. The Morgan fingerprint density at radius 1 is 1.33 bits per heavy atom. The molecule has 0 unspecified atom stereocenters. The molecule has 0 spiro atoms. The number of rotatable bonds is 1. The average Bonchev–Trinajstić information content (AvgIpc) is 2.14. The van der Waals surface area contributed by atoms with E-state index >= 15 is 0 Å². The molecular formula is C13H14N2. The van der Waals surface area contributed by atoms with Crippen molar-refractivity contribution in [3.05, 3.63) is 40.7 Å². The first-order valence-corrected chi connectivity index (χ1v) is 4.86. The van der Waals surface area contributed by atoms with E-state index in [4.69, 9.17) is 11.8 Å². The van der Waals surface area contributed by atoms with Crippen LogP contribution in [0, 0.1) is 23.3 Å². The van der Waals surface area contributed by atoms with Crippen LogP contribution in [0.1, 0.15) is 31.9 Å². The zero-order valence-corrected chi connectivity index (χ0v) is 9.33. The van der Waals surface area contributed by atoms with E-state index < -0.39 is 0 Å². The van der Waals surface area contributed by atoms with Crippen LogP contribution in [0.5, 0.6) is 0 Å². The van der Waals surface area contributed by atoms with Crippen LogP contribution >= 0.6 is 0 Å². The predicted octanol–water partition coefficient (Wildman–Crippen LogP) is 3.70. The minimum Gasteiger partial charge on any atom is -0.238 e. The number of hydrogen-bond donors (Lipinski definition) is 0. The summed E-state index contributed by atoms with van der Waals surface area (Å²) in [5.74, 6) is 0. The lowest BCUT2D eigenvalue weighted by atomic mass is 9.87. The molecule has 1 aromatic carbocycles. The van der Waals surface area contributed by atoms with Crippen molar-refractivity contribution in [2.45, 2.75) is 27.2 Å². The highest BCUT2D eigenvalue weighted by molar-refractivity contribution is 5.52. The molecule has 0 aliphatic heterocycles. The van der Waals surface area contributed by atoms with E-state index in [1.54, 1.807) is 6.07 Å². The Labute approximate surface area is 91.0 Å². The van der Waals surface area contributed by atoms with Gasteiger partial charge in [-0.25, -0.2) is 4.85 Å². The van der Waals surface area contributed by atoms with Gasteiger partial charge < -0.3 is 0 Å². The van der Waals surface area contributed by atoms with E-state index in [1.165, 1.54) is 0 Å². The molecule has 0 saturated heterocycles. The Bertz CT molecular complexity index is 407. The maximum Gasteiger partial charge on any atom is 0.188 e. The fourth-order valence-electron chi connectivity index (χ4n) is 1.52. The first-order chi connectivity index (χ1) is 6.94. The maximum atomic E-state index is 8.83. The minimum atomic E-state index is 0.174. The Kier molecular flexibility index (Phi) is 3.12. The first kappa shape index (κ1) is 11.3. The molecular weight excluding hydrogens is 184 g/mol. The van der Waals surface area contributed by atoms with Gasteiger partial charge in [-0.05, 0) is 24.0 Å². The van der Waals surface area contributed by atoms with Crippen LogP contribution in [-0.2, 0) is 6.42 Å². The van der Waals surface area contributed by atoms with Crippen molar-refractivity contribution in [3.8, 4) is 6.07 Å². The van der Waals surface area contributed by atoms with Gasteiger partial charge in [0.05, 0.1) is 12.6 Å². The normalized spacial score (nSPS) is 10.5. The second kappa shape index (κ2) is 4.15. The van der Waals surface area contributed by atoms with E-state index in [1.807, 2.05) is 12.1 Å². The zero-order chi connectivity index (χ0) is 11.5. The molecule has 1 aromatic rings. The zero-order valence-electron chi connectivity index (χ0n) is 9.33. The summed E-state index contributed by atoms with van der Waals surface area (Å²) < 4.78 is 0. The predicted molar refractivity (Wildman–Crippen MR) is 60.6 cm³/mol. The molecule has 76 valence electrons. The highest BCUT2D eigenvalue weighted by Crippen LogP contribution is 2.24. The van der Waals surface area contributed by atoms with Crippen LogP contribution in [0.15, 0.2) is 18.2 Å². The molecule has 0 aliphatic rings. The molecule has 0 aromatic heterocycles. The number of benzene rings is 1. The Morgan fingerprint density at radius 2 is 2.00 bits per heavy atom. The van der Waals surface area contributed by atoms with Gasteiger partial charge in [0.25, 0.3) is 0 Å². The monoisotopic (exact) mass is 198 g/mol. The van der Waals surface area contributed by atoms with Gasteiger partial charge in [-0.1, -0.05) is 32.4 Å². The van der Waals surface area contributed by atoms with Gasteiger partial charge in [-0.3, -0.25) is 0 Å². The summed E-state index contributed by atoms with van der Waals surface area (Å²) >= 11 is 0. The molecule has 15 heavy (non-hydrogen) atoms. The third kappa shape index (κ3) is 3.44. The van der Waals surface area contributed by atoms with Crippen molar-refractivity contribution in [1.29, 1.82) is 5.26 Å². The van der Waals surface area contributed by atoms with Gasteiger partial charge >= 0.3 is 0 Å². The fraction of sp³-hybridized carbons (Fsp3) is 0.385. The van der Waals surface area contributed by atoms with Crippen LogP contribution in [0.4, 0.5) is 5.69 Å². The van der Waals surface area contributed by atoms with E-state index in [0.29, 0.717) is 11.3 Å². The summed E-state index contributed by atoms with van der Waals surface area (Å²) in [6.07, 6.45) is 0.880. The van der Waals surface area contributed by atoms with Crippen molar-refractivity contribution in [2.75, 3.05) is 0 Å². The van der Waals surface area contributed by atoms with Crippen LogP contribution in [0.2, 0.25) is 0 Å².